The van der Waals surface area contributed by atoms with E-state index in [0.717, 1.165) is 17.8 Å². The lowest BCUT2D eigenvalue weighted by molar-refractivity contribution is 0.252. The maximum Gasteiger partial charge on any atom is -0.0243 e. The predicted octanol–water partition coefficient (Wildman–Crippen LogP) is 5.11. The molecule has 0 saturated heterocycles. The Morgan fingerprint density at radius 1 is 1.06 bits per heavy atom. The number of rotatable bonds is 1. The minimum absolute atomic E-state index is 0.818. The van der Waals surface area contributed by atoms with Gasteiger partial charge in [0, 0.05) is 0 Å². The molecule has 2 unspecified atom stereocenters. The van der Waals surface area contributed by atoms with E-state index in [1.165, 1.54) is 19.3 Å². The maximum atomic E-state index is 2.40. The van der Waals surface area contributed by atoms with E-state index >= 15 is 0 Å². The monoisotopic (exact) mass is 232 g/mol. The van der Waals surface area contributed by atoms with Gasteiger partial charge in [0.15, 0.2) is 0 Å². The summed E-state index contributed by atoms with van der Waals surface area (Å²) < 4.78 is 0. The van der Waals surface area contributed by atoms with Crippen molar-refractivity contribution in [1.29, 1.82) is 0 Å². The highest BCUT2D eigenvalue weighted by Gasteiger charge is 2.26. The molecular weight excluding hydrogens is 204 g/mol. The number of hydrogen-bond donors (Lipinski definition) is 0. The third-order valence-electron chi connectivity index (χ3n) is 3.70. The summed E-state index contributed by atoms with van der Waals surface area (Å²) in [4.78, 5) is 0. The van der Waals surface area contributed by atoms with E-state index in [0.29, 0.717) is 0 Å². The molecule has 2 rings (SSSR count). The number of fused-ring (bicyclic) bond motifs is 1. The molecule has 1 aliphatic carbocycles. The van der Waals surface area contributed by atoms with Gasteiger partial charge in [-0.05, 0) is 41.7 Å². The summed E-state index contributed by atoms with van der Waals surface area (Å²) in [6.07, 6.45) is 3.81. The molecule has 1 aromatic rings. The molecule has 96 valence electrons. The zero-order chi connectivity index (χ0) is 12.8. The molecular formula is C17H28. The van der Waals surface area contributed by atoms with Crippen molar-refractivity contribution in [2.24, 2.45) is 17.8 Å². The number of hydrogen-bond acceptors (Lipinski definition) is 0. The second kappa shape index (κ2) is 6.83. The van der Waals surface area contributed by atoms with Crippen molar-refractivity contribution in [3.63, 3.8) is 0 Å². The summed E-state index contributed by atoms with van der Waals surface area (Å²) in [5.41, 5.74) is 3.17. The largest absolute Gasteiger partial charge is 0.0656 e. The van der Waals surface area contributed by atoms with Crippen LogP contribution in [0.25, 0.3) is 0 Å². The summed E-state index contributed by atoms with van der Waals surface area (Å²) in [5.74, 6) is 2.55. The molecule has 0 saturated carbocycles. The highest BCUT2D eigenvalue weighted by atomic mass is 14.3. The lowest BCUT2D eigenvalue weighted by atomic mass is 9.72. The van der Waals surface area contributed by atoms with E-state index in [1.807, 2.05) is 0 Å². The zero-order valence-electron chi connectivity index (χ0n) is 12.2. The first-order chi connectivity index (χ1) is 8.10. The Hall–Kier alpha value is -0.780. The van der Waals surface area contributed by atoms with Gasteiger partial charge in [0.05, 0.1) is 0 Å². The van der Waals surface area contributed by atoms with E-state index in [-0.39, 0.29) is 0 Å². The highest BCUT2D eigenvalue weighted by molar-refractivity contribution is 5.30. The summed E-state index contributed by atoms with van der Waals surface area (Å²) in [6, 6.07) is 8.94. The van der Waals surface area contributed by atoms with E-state index < -0.39 is 0 Å². The van der Waals surface area contributed by atoms with Crippen molar-refractivity contribution in [1.82, 2.24) is 0 Å². The van der Waals surface area contributed by atoms with Crippen LogP contribution in [0.5, 0.6) is 0 Å². The van der Waals surface area contributed by atoms with Crippen molar-refractivity contribution in [3.8, 4) is 0 Å². The molecule has 0 fully saturated rings. The molecule has 0 radical (unpaired) electrons. The average molecular weight is 232 g/mol. The van der Waals surface area contributed by atoms with E-state index in [4.69, 9.17) is 0 Å². The normalized spacial score (nSPS) is 22.7. The van der Waals surface area contributed by atoms with Gasteiger partial charge in [-0.15, -0.1) is 0 Å². The highest BCUT2D eigenvalue weighted by Crippen LogP contribution is 2.34. The molecule has 1 aromatic carbocycles. The van der Waals surface area contributed by atoms with Gasteiger partial charge >= 0.3 is 0 Å². The Morgan fingerprint density at radius 3 is 2.00 bits per heavy atom. The minimum atomic E-state index is 0.818. The fourth-order valence-corrected chi connectivity index (χ4v) is 2.80. The van der Waals surface area contributed by atoms with Gasteiger partial charge in [0.2, 0.25) is 0 Å². The van der Waals surface area contributed by atoms with Crippen molar-refractivity contribution in [3.05, 3.63) is 35.4 Å². The van der Waals surface area contributed by atoms with Gasteiger partial charge < -0.3 is 0 Å². The Bertz CT molecular complexity index is 325. The fourth-order valence-electron chi connectivity index (χ4n) is 2.80. The van der Waals surface area contributed by atoms with Gasteiger partial charge in [0.25, 0.3) is 0 Å². The first kappa shape index (κ1) is 14.3. The van der Waals surface area contributed by atoms with Crippen molar-refractivity contribution < 1.29 is 0 Å². The van der Waals surface area contributed by atoms with Gasteiger partial charge in [-0.2, -0.15) is 0 Å². The second-order valence-corrected chi connectivity index (χ2v) is 5.77. The maximum absolute atomic E-state index is 2.40. The first-order valence-electron chi connectivity index (χ1n) is 7.16. The standard InChI is InChI=1S/C14H20.C3H8/c1-10(2)14-9-13-7-5-4-6-12(13)8-11(14)3;1-3-2/h4-7,10-11,14H,8-9H2,1-3H3;3H2,1-2H3. The molecule has 0 bridgehead atoms. The topological polar surface area (TPSA) is 0 Å². The van der Waals surface area contributed by atoms with Gasteiger partial charge in [-0.3, -0.25) is 0 Å². The van der Waals surface area contributed by atoms with Gasteiger partial charge in [-0.1, -0.05) is 65.3 Å². The molecule has 0 spiro atoms. The Labute approximate surface area is 107 Å². The minimum Gasteiger partial charge on any atom is -0.0656 e. The zero-order valence-corrected chi connectivity index (χ0v) is 12.2. The van der Waals surface area contributed by atoms with Crippen LogP contribution >= 0.6 is 0 Å². The van der Waals surface area contributed by atoms with Gasteiger partial charge in [-0.25, -0.2) is 0 Å². The lowest BCUT2D eigenvalue weighted by Crippen LogP contribution is -2.27. The summed E-state index contributed by atoms with van der Waals surface area (Å²) in [5, 5.41) is 0. The molecule has 0 heterocycles. The van der Waals surface area contributed by atoms with Crippen molar-refractivity contribution in [2.45, 2.75) is 53.9 Å². The summed E-state index contributed by atoms with van der Waals surface area (Å²) >= 11 is 0. The summed E-state index contributed by atoms with van der Waals surface area (Å²) in [6.45, 7) is 11.4. The van der Waals surface area contributed by atoms with Crippen LogP contribution in [0.15, 0.2) is 24.3 Å². The van der Waals surface area contributed by atoms with Crippen LogP contribution in [0, 0.1) is 17.8 Å². The molecule has 0 nitrogen and oxygen atoms in total. The van der Waals surface area contributed by atoms with Crippen LogP contribution in [0.2, 0.25) is 0 Å². The molecule has 0 N–H and O–H groups in total. The lowest BCUT2D eigenvalue weighted by Gasteiger charge is -2.33. The van der Waals surface area contributed by atoms with E-state index in [1.54, 1.807) is 11.1 Å². The predicted molar refractivity (Wildman–Crippen MR) is 77.3 cm³/mol. The molecule has 0 aromatic heterocycles. The van der Waals surface area contributed by atoms with Crippen molar-refractivity contribution in [2.75, 3.05) is 0 Å². The second-order valence-electron chi connectivity index (χ2n) is 5.77. The Kier molecular flexibility index (Phi) is 5.74. The van der Waals surface area contributed by atoms with Crippen LogP contribution in [0.3, 0.4) is 0 Å². The fraction of sp³-hybridized carbons (Fsp3) is 0.647. The number of benzene rings is 1. The van der Waals surface area contributed by atoms with E-state index in [9.17, 15) is 0 Å². The van der Waals surface area contributed by atoms with Crippen LogP contribution in [0.4, 0.5) is 0 Å². The third kappa shape index (κ3) is 3.87. The van der Waals surface area contributed by atoms with Crippen LogP contribution < -0.4 is 0 Å². The van der Waals surface area contributed by atoms with Crippen molar-refractivity contribution >= 4 is 0 Å². The van der Waals surface area contributed by atoms with Crippen LogP contribution in [-0.2, 0) is 12.8 Å². The quantitative estimate of drug-likeness (QED) is 0.631. The molecule has 0 amide bonds. The van der Waals surface area contributed by atoms with Crippen LogP contribution in [0.1, 0.15) is 52.2 Å². The van der Waals surface area contributed by atoms with Gasteiger partial charge in [0.1, 0.15) is 0 Å². The third-order valence-corrected chi connectivity index (χ3v) is 3.70. The molecule has 1 aliphatic rings. The molecule has 2 atom stereocenters. The molecule has 0 aliphatic heterocycles. The Balaban J connectivity index is 0.000000437. The van der Waals surface area contributed by atoms with Crippen LogP contribution in [-0.4, -0.2) is 0 Å². The molecule has 17 heavy (non-hydrogen) atoms. The molecule has 0 heteroatoms. The Morgan fingerprint density at radius 2 is 1.53 bits per heavy atom. The van der Waals surface area contributed by atoms with E-state index in [2.05, 4.69) is 58.9 Å². The smallest absolute Gasteiger partial charge is 0.0243 e. The summed E-state index contributed by atoms with van der Waals surface area (Å²) in [7, 11) is 0. The SMILES string of the molecule is CC(C)C1Cc2ccccc2CC1C.CCC. The average Bonchev–Trinajstić information content (AvgIpc) is 2.28. The first-order valence-corrected chi connectivity index (χ1v) is 7.16.